The molecule has 2 radical (unpaired) electrons. The van der Waals surface area contributed by atoms with Crippen LogP contribution in [0.25, 0.3) is 0 Å². The lowest BCUT2D eigenvalue weighted by Gasteiger charge is -1.99. The minimum absolute atomic E-state index is 0.700. The molecule has 0 aliphatic carbocycles. The predicted octanol–water partition coefficient (Wildman–Crippen LogP) is 3.68. The highest BCUT2D eigenvalue weighted by atomic mass is 35.5. The molecule has 0 atom stereocenters. The Morgan fingerprint density at radius 3 is 2.92 bits per heavy atom. The van der Waals surface area contributed by atoms with Crippen LogP contribution in [-0.2, 0) is 0 Å². The van der Waals surface area contributed by atoms with Crippen LogP contribution in [0.3, 0.4) is 0 Å². The Hall–Kier alpha value is -0.560. The summed E-state index contributed by atoms with van der Waals surface area (Å²) in [6, 6.07) is 1.93. The summed E-state index contributed by atoms with van der Waals surface area (Å²) in [5.41, 5.74) is 1.11. The van der Waals surface area contributed by atoms with E-state index in [0.717, 1.165) is 18.4 Å². The first-order chi connectivity index (χ1) is 6.33. The number of hydrogen-bond acceptors (Lipinski definition) is 1. The van der Waals surface area contributed by atoms with Crippen LogP contribution >= 0.6 is 11.6 Å². The van der Waals surface area contributed by atoms with E-state index in [9.17, 15) is 0 Å². The minimum Gasteiger partial charge on any atom is -0.263 e. The Morgan fingerprint density at radius 1 is 1.38 bits per heavy atom. The number of hydrogen-bond donors (Lipinski definition) is 0. The van der Waals surface area contributed by atoms with Crippen molar-refractivity contribution in [1.82, 2.24) is 4.98 Å². The van der Waals surface area contributed by atoms with Gasteiger partial charge in [0.15, 0.2) is 0 Å². The Labute approximate surface area is 85.1 Å². The summed E-state index contributed by atoms with van der Waals surface area (Å²) in [6.07, 6.45) is 10.1. The van der Waals surface area contributed by atoms with Gasteiger partial charge in [0.2, 0.25) is 0 Å². The summed E-state index contributed by atoms with van der Waals surface area (Å²) in [7, 11) is 0. The number of aromatic nitrogens is 1. The van der Waals surface area contributed by atoms with E-state index in [0.29, 0.717) is 5.02 Å². The maximum atomic E-state index is 5.79. The lowest BCUT2D eigenvalue weighted by atomic mass is 10.1. The molecule has 0 fully saturated rings. The number of rotatable bonds is 5. The van der Waals surface area contributed by atoms with Crippen LogP contribution in [0.15, 0.2) is 18.5 Å². The monoisotopic (exact) mass is 195 g/mol. The van der Waals surface area contributed by atoms with E-state index in [1.54, 1.807) is 6.20 Å². The van der Waals surface area contributed by atoms with Crippen LogP contribution in [0.2, 0.25) is 5.02 Å². The molecule has 0 amide bonds. The average Bonchev–Trinajstić information content (AvgIpc) is 2.13. The molecule has 1 aromatic heterocycles. The van der Waals surface area contributed by atoms with Crippen molar-refractivity contribution in [3.63, 3.8) is 0 Å². The lowest BCUT2D eigenvalue weighted by Crippen LogP contribution is -1.84. The zero-order valence-corrected chi connectivity index (χ0v) is 8.43. The third kappa shape index (κ3) is 4.28. The molecule has 0 saturated carbocycles. The fourth-order valence-corrected chi connectivity index (χ4v) is 1.31. The number of nitrogens with zero attached hydrogens (tertiary/aromatic N) is 1. The zero-order chi connectivity index (χ0) is 9.52. The molecule has 1 aromatic rings. The van der Waals surface area contributed by atoms with Gasteiger partial charge >= 0.3 is 0 Å². The topological polar surface area (TPSA) is 12.9 Å². The quantitative estimate of drug-likeness (QED) is 0.654. The molecule has 1 rings (SSSR count). The van der Waals surface area contributed by atoms with Gasteiger partial charge in [0.25, 0.3) is 0 Å². The zero-order valence-electron chi connectivity index (χ0n) is 7.67. The SMILES string of the molecule is [CH2]CCCC[CH]c1cncc(Cl)c1. The van der Waals surface area contributed by atoms with E-state index in [-0.39, 0.29) is 0 Å². The maximum Gasteiger partial charge on any atom is 0.0592 e. The Bertz CT molecular complexity index is 248. The molecule has 13 heavy (non-hydrogen) atoms. The van der Waals surface area contributed by atoms with Crippen molar-refractivity contribution in [2.45, 2.75) is 25.7 Å². The van der Waals surface area contributed by atoms with Crippen LogP contribution in [0.4, 0.5) is 0 Å². The number of unbranched alkanes of at least 4 members (excludes halogenated alkanes) is 3. The maximum absolute atomic E-state index is 5.79. The van der Waals surface area contributed by atoms with E-state index in [4.69, 9.17) is 11.6 Å². The first-order valence-corrected chi connectivity index (χ1v) is 4.93. The highest BCUT2D eigenvalue weighted by Gasteiger charge is 1.95. The van der Waals surface area contributed by atoms with Gasteiger partial charge in [-0.05, 0) is 24.5 Å². The fraction of sp³-hybridized carbons (Fsp3) is 0.364. The van der Waals surface area contributed by atoms with E-state index in [1.165, 1.54) is 12.8 Å². The van der Waals surface area contributed by atoms with Gasteiger partial charge in [-0.25, -0.2) is 0 Å². The highest BCUT2D eigenvalue weighted by Crippen LogP contribution is 2.13. The summed E-state index contributed by atoms with van der Waals surface area (Å²) in [5.74, 6) is 0. The average molecular weight is 196 g/mol. The molecule has 0 aliphatic rings. The largest absolute Gasteiger partial charge is 0.263 e. The fourth-order valence-electron chi connectivity index (χ4n) is 1.13. The van der Waals surface area contributed by atoms with Crippen molar-refractivity contribution in [1.29, 1.82) is 0 Å². The molecular weight excluding hydrogens is 182 g/mol. The van der Waals surface area contributed by atoms with E-state index < -0.39 is 0 Å². The predicted molar refractivity (Wildman–Crippen MR) is 56.5 cm³/mol. The van der Waals surface area contributed by atoms with E-state index in [2.05, 4.69) is 18.3 Å². The van der Waals surface area contributed by atoms with Gasteiger partial charge in [-0.3, -0.25) is 4.98 Å². The standard InChI is InChI=1S/C11H14ClN/c1-2-3-4-5-6-10-7-11(12)9-13-8-10/h6-9H,1-5H2. The normalized spacial score (nSPS) is 10.3. The Morgan fingerprint density at radius 2 is 2.23 bits per heavy atom. The van der Waals surface area contributed by atoms with Gasteiger partial charge in [0, 0.05) is 12.4 Å². The van der Waals surface area contributed by atoms with Crippen molar-refractivity contribution in [3.8, 4) is 0 Å². The second-order valence-electron chi connectivity index (χ2n) is 2.99. The van der Waals surface area contributed by atoms with Gasteiger partial charge in [0.05, 0.1) is 5.02 Å². The van der Waals surface area contributed by atoms with E-state index in [1.807, 2.05) is 12.3 Å². The number of pyridine rings is 1. The van der Waals surface area contributed by atoms with Crippen LogP contribution in [0.1, 0.15) is 31.2 Å². The van der Waals surface area contributed by atoms with Gasteiger partial charge in [0.1, 0.15) is 0 Å². The van der Waals surface area contributed by atoms with Gasteiger partial charge < -0.3 is 0 Å². The summed E-state index contributed by atoms with van der Waals surface area (Å²) in [4.78, 5) is 4.01. The molecule has 1 heterocycles. The minimum atomic E-state index is 0.700. The van der Waals surface area contributed by atoms with Crippen LogP contribution in [0.5, 0.6) is 0 Å². The third-order valence-corrected chi connectivity index (χ3v) is 2.02. The van der Waals surface area contributed by atoms with Crippen molar-refractivity contribution in [2.75, 3.05) is 0 Å². The molecule has 2 heteroatoms. The molecule has 0 aliphatic heterocycles. The summed E-state index contributed by atoms with van der Waals surface area (Å²) in [6.45, 7) is 3.80. The molecule has 0 unspecified atom stereocenters. The highest BCUT2D eigenvalue weighted by molar-refractivity contribution is 6.30. The Kier molecular flexibility index (Phi) is 4.84. The molecular formula is C11H14ClN. The van der Waals surface area contributed by atoms with Gasteiger partial charge in [-0.2, -0.15) is 0 Å². The van der Waals surface area contributed by atoms with Crippen molar-refractivity contribution >= 4 is 11.6 Å². The first-order valence-electron chi connectivity index (χ1n) is 4.56. The molecule has 0 saturated heterocycles. The summed E-state index contributed by atoms with van der Waals surface area (Å²) in [5, 5.41) is 0.700. The van der Waals surface area contributed by atoms with Crippen LogP contribution in [0, 0.1) is 13.3 Å². The summed E-state index contributed by atoms with van der Waals surface area (Å²) < 4.78 is 0. The van der Waals surface area contributed by atoms with Crippen molar-refractivity contribution in [3.05, 3.63) is 42.4 Å². The first kappa shape index (κ1) is 10.5. The molecule has 0 aromatic carbocycles. The third-order valence-electron chi connectivity index (χ3n) is 1.81. The molecule has 1 nitrogen and oxygen atoms in total. The molecule has 70 valence electrons. The Balaban J connectivity index is 2.28. The molecule has 0 spiro atoms. The van der Waals surface area contributed by atoms with Crippen molar-refractivity contribution < 1.29 is 0 Å². The number of halogens is 1. The summed E-state index contributed by atoms with van der Waals surface area (Å²) >= 11 is 5.79. The molecule has 0 N–H and O–H groups in total. The van der Waals surface area contributed by atoms with Gasteiger partial charge in [-0.1, -0.05) is 37.8 Å². The smallest absolute Gasteiger partial charge is 0.0592 e. The molecule has 0 bridgehead atoms. The van der Waals surface area contributed by atoms with Crippen LogP contribution < -0.4 is 0 Å². The van der Waals surface area contributed by atoms with Gasteiger partial charge in [-0.15, -0.1) is 0 Å². The second kappa shape index (κ2) is 5.98. The lowest BCUT2D eigenvalue weighted by molar-refractivity contribution is 0.742. The second-order valence-corrected chi connectivity index (χ2v) is 3.43. The van der Waals surface area contributed by atoms with Crippen LogP contribution in [-0.4, -0.2) is 4.98 Å². The van der Waals surface area contributed by atoms with Crippen molar-refractivity contribution in [2.24, 2.45) is 0 Å². The van der Waals surface area contributed by atoms with E-state index >= 15 is 0 Å².